The SMILES string of the molecule is Cc1oc(-c2ccccc2)nc1CCOc1ccc(CC[C@H]2CCNC2)cc1. The topological polar surface area (TPSA) is 47.3 Å². The molecule has 4 heteroatoms. The predicted molar refractivity (Wildman–Crippen MR) is 112 cm³/mol. The van der Waals surface area contributed by atoms with Crippen molar-refractivity contribution in [2.75, 3.05) is 19.7 Å². The van der Waals surface area contributed by atoms with Crippen LogP contribution in [-0.2, 0) is 12.8 Å². The van der Waals surface area contributed by atoms with E-state index in [4.69, 9.17) is 9.15 Å². The largest absolute Gasteiger partial charge is 0.493 e. The molecule has 0 bridgehead atoms. The Balaban J connectivity index is 1.26. The molecule has 1 atom stereocenters. The Labute approximate surface area is 167 Å². The monoisotopic (exact) mass is 376 g/mol. The van der Waals surface area contributed by atoms with Gasteiger partial charge in [-0.1, -0.05) is 30.3 Å². The maximum absolute atomic E-state index is 5.92. The van der Waals surface area contributed by atoms with Crippen LogP contribution in [0.15, 0.2) is 59.0 Å². The Morgan fingerprint density at radius 2 is 1.89 bits per heavy atom. The van der Waals surface area contributed by atoms with Crippen molar-refractivity contribution in [2.24, 2.45) is 5.92 Å². The van der Waals surface area contributed by atoms with Crippen LogP contribution in [0.2, 0.25) is 0 Å². The number of hydrogen-bond acceptors (Lipinski definition) is 4. The molecule has 1 aliphatic heterocycles. The molecule has 0 saturated carbocycles. The van der Waals surface area contributed by atoms with Crippen molar-refractivity contribution in [2.45, 2.75) is 32.6 Å². The molecular formula is C24H28N2O2. The van der Waals surface area contributed by atoms with Gasteiger partial charge in [-0.15, -0.1) is 0 Å². The summed E-state index contributed by atoms with van der Waals surface area (Å²) in [5, 5.41) is 3.44. The Morgan fingerprint density at radius 3 is 2.64 bits per heavy atom. The number of nitrogens with one attached hydrogen (secondary N) is 1. The lowest BCUT2D eigenvalue weighted by atomic mass is 9.99. The lowest BCUT2D eigenvalue weighted by Gasteiger charge is -2.09. The zero-order valence-electron chi connectivity index (χ0n) is 16.5. The Kier molecular flexibility index (Phi) is 6.07. The van der Waals surface area contributed by atoms with Crippen LogP contribution >= 0.6 is 0 Å². The second-order valence-corrected chi connectivity index (χ2v) is 7.53. The lowest BCUT2D eigenvalue weighted by molar-refractivity contribution is 0.320. The van der Waals surface area contributed by atoms with Gasteiger partial charge in [0.2, 0.25) is 5.89 Å². The minimum absolute atomic E-state index is 0.592. The molecule has 146 valence electrons. The maximum Gasteiger partial charge on any atom is 0.226 e. The predicted octanol–water partition coefficient (Wildman–Crippen LogP) is 4.81. The highest BCUT2D eigenvalue weighted by Crippen LogP contribution is 2.22. The van der Waals surface area contributed by atoms with Crippen molar-refractivity contribution in [3.8, 4) is 17.2 Å². The molecule has 1 aromatic heterocycles. The first-order chi connectivity index (χ1) is 13.8. The molecule has 1 fully saturated rings. The molecule has 1 aliphatic rings. The fourth-order valence-electron chi connectivity index (χ4n) is 3.71. The van der Waals surface area contributed by atoms with Crippen molar-refractivity contribution >= 4 is 0 Å². The number of hydrogen-bond donors (Lipinski definition) is 1. The molecule has 2 aromatic carbocycles. The summed E-state index contributed by atoms with van der Waals surface area (Å²) in [7, 11) is 0. The highest BCUT2D eigenvalue weighted by atomic mass is 16.5. The third-order valence-electron chi connectivity index (χ3n) is 5.45. The molecule has 1 N–H and O–H groups in total. The Bertz CT molecular complexity index is 865. The van der Waals surface area contributed by atoms with Crippen LogP contribution in [0.4, 0.5) is 0 Å². The van der Waals surface area contributed by atoms with Gasteiger partial charge in [0.25, 0.3) is 0 Å². The molecule has 4 rings (SSSR count). The molecule has 2 heterocycles. The smallest absolute Gasteiger partial charge is 0.226 e. The molecular weight excluding hydrogens is 348 g/mol. The summed E-state index contributed by atoms with van der Waals surface area (Å²) in [6, 6.07) is 18.5. The van der Waals surface area contributed by atoms with Crippen molar-refractivity contribution in [3.63, 3.8) is 0 Å². The third-order valence-corrected chi connectivity index (χ3v) is 5.45. The third kappa shape index (κ3) is 4.82. The first kappa shape index (κ1) is 18.8. The lowest BCUT2D eigenvalue weighted by Crippen LogP contribution is -2.09. The number of aromatic nitrogens is 1. The van der Waals surface area contributed by atoms with Crippen LogP contribution < -0.4 is 10.1 Å². The molecule has 0 unspecified atom stereocenters. The molecule has 4 nitrogen and oxygen atoms in total. The van der Waals surface area contributed by atoms with Crippen LogP contribution in [0, 0.1) is 12.8 Å². The van der Waals surface area contributed by atoms with E-state index in [1.165, 1.54) is 31.5 Å². The van der Waals surface area contributed by atoms with Gasteiger partial charge in [-0.2, -0.15) is 0 Å². The molecule has 28 heavy (non-hydrogen) atoms. The summed E-state index contributed by atoms with van der Waals surface area (Å²) in [6.45, 7) is 4.90. The van der Waals surface area contributed by atoms with E-state index in [0.29, 0.717) is 12.5 Å². The average Bonchev–Trinajstić information content (AvgIpc) is 3.38. The van der Waals surface area contributed by atoms with Crippen molar-refractivity contribution in [1.29, 1.82) is 0 Å². The van der Waals surface area contributed by atoms with Crippen molar-refractivity contribution in [3.05, 3.63) is 71.6 Å². The van der Waals surface area contributed by atoms with Gasteiger partial charge in [-0.05, 0) is 75.0 Å². The number of aryl methyl sites for hydroxylation is 2. The van der Waals surface area contributed by atoms with E-state index < -0.39 is 0 Å². The summed E-state index contributed by atoms with van der Waals surface area (Å²) < 4.78 is 11.7. The van der Waals surface area contributed by atoms with E-state index in [1.54, 1.807) is 0 Å². The van der Waals surface area contributed by atoms with Crippen LogP contribution in [0.25, 0.3) is 11.5 Å². The van der Waals surface area contributed by atoms with Crippen LogP contribution in [-0.4, -0.2) is 24.7 Å². The van der Waals surface area contributed by atoms with E-state index >= 15 is 0 Å². The van der Waals surface area contributed by atoms with Gasteiger partial charge in [0.15, 0.2) is 0 Å². The van der Waals surface area contributed by atoms with Gasteiger partial charge < -0.3 is 14.5 Å². The first-order valence-corrected chi connectivity index (χ1v) is 10.2. The molecule has 0 aliphatic carbocycles. The second-order valence-electron chi connectivity index (χ2n) is 7.53. The molecule has 0 radical (unpaired) electrons. The van der Waals surface area contributed by atoms with Gasteiger partial charge in [0.05, 0.1) is 12.3 Å². The number of ether oxygens (including phenoxy) is 1. The highest BCUT2D eigenvalue weighted by Gasteiger charge is 2.14. The fourth-order valence-corrected chi connectivity index (χ4v) is 3.71. The standard InChI is InChI=1S/C24H28N2O2/c1-18-23(26-24(28-18)21-5-3-2-4-6-21)14-16-27-22-11-9-19(10-12-22)7-8-20-13-15-25-17-20/h2-6,9-12,20,25H,7-8,13-17H2,1H3/t20-/m0/s1. The van der Waals surface area contributed by atoms with Crippen LogP contribution in [0.3, 0.4) is 0 Å². The number of rotatable bonds is 8. The molecule has 3 aromatic rings. The van der Waals surface area contributed by atoms with E-state index in [1.807, 2.05) is 37.3 Å². The quantitative estimate of drug-likeness (QED) is 0.613. The Morgan fingerprint density at radius 1 is 1.07 bits per heavy atom. The first-order valence-electron chi connectivity index (χ1n) is 10.2. The van der Waals surface area contributed by atoms with Crippen LogP contribution in [0.5, 0.6) is 5.75 Å². The summed E-state index contributed by atoms with van der Waals surface area (Å²) in [5.74, 6) is 3.28. The summed E-state index contributed by atoms with van der Waals surface area (Å²) in [5.41, 5.74) is 3.35. The van der Waals surface area contributed by atoms with Crippen molar-refractivity contribution < 1.29 is 9.15 Å². The van der Waals surface area contributed by atoms with Crippen LogP contribution in [0.1, 0.15) is 29.9 Å². The molecule has 0 amide bonds. The summed E-state index contributed by atoms with van der Waals surface area (Å²) >= 11 is 0. The van der Waals surface area contributed by atoms with Gasteiger partial charge in [-0.25, -0.2) is 4.98 Å². The second kappa shape index (κ2) is 9.07. The minimum Gasteiger partial charge on any atom is -0.493 e. The normalized spacial score (nSPS) is 16.4. The number of nitrogens with zero attached hydrogens (tertiary/aromatic N) is 1. The number of benzene rings is 2. The maximum atomic E-state index is 5.92. The fraction of sp³-hybridized carbons (Fsp3) is 0.375. The van der Waals surface area contributed by atoms with E-state index in [9.17, 15) is 0 Å². The average molecular weight is 377 g/mol. The molecule has 0 spiro atoms. The van der Waals surface area contributed by atoms with E-state index in [2.05, 4.69) is 34.6 Å². The number of oxazole rings is 1. The van der Waals surface area contributed by atoms with Gasteiger partial charge >= 0.3 is 0 Å². The zero-order chi connectivity index (χ0) is 19.2. The van der Waals surface area contributed by atoms with Gasteiger partial charge in [0.1, 0.15) is 11.5 Å². The van der Waals surface area contributed by atoms with Gasteiger partial charge in [0, 0.05) is 12.0 Å². The zero-order valence-corrected chi connectivity index (χ0v) is 16.5. The highest BCUT2D eigenvalue weighted by molar-refractivity contribution is 5.53. The Hall–Kier alpha value is -2.59. The van der Waals surface area contributed by atoms with Gasteiger partial charge in [-0.3, -0.25) is 0 Å². The summed E-state index contributed by atoms with van der Waals surface area (Å²) in [4.78, 5) is 4.64. The molecule has 1 saturated heterocycles. The minimum atomic E-state index is 0.592. The summed E-state index contributed by atoms with van der Waals surface area (Å²) in [6.07, 6.45) is 4.46. The van der Waals surface area contributed by atoms with E-state index in [-0.39, 0.29) is 0 Å². The van der Waals surface area contributed by atoms with E-state index in [0.717, 1.165) is 41.5 Å². The van der Waals surface area contributed by atoms with Crippen molar-refractivity contribution in [1.82, 2.24) is 10.3 Å².